The summed E-state index contributed by atoms with van der Waals surface area (Å²) in [7, 11) is 3.89. The summed E-state index contributed by atoms with van der Waals surface area (Å²) in [6.45, 7) is 6.39. The molecule has 1 aromatic carbocycles. The van der Waals surface area contributed by atoms with Gasteiger partial charge in [-0.05, 0) is 71.1 Å². The number of ether oxygens (including phenoxy) is 1. The lowest BCUT2D eigenvalue weighted by Gasteiger charge is -2.26. The number of amides is 1. The molecule has 9 heteroatoms. The highest BCUT2D eigenvalue weighted by Gasteiger charge is 2.46. The van der Waals surface area contributed by atoms with Crippen LogP contribution in [0.15, 0.2) is 34.3 Å². The van der Waals surface area contributed by atoms with Gasteiger partial charge in [-0.3, -0.25) is 9.59 Å². The van der Waals surface area contributed by atoms with Crippen molar-refractivity contribution >= 4 is 39.3 Å². The molecule has 2 N–H and O–H groups in total. The number of carbonyl (C=O) groups is 3. The van der Waals surface area contributed by atoms with Gasteiger partial charge >= 0.3 is 5.97 Å². The zero-order chi connectivity index (χ0) is 25.2. The third-order valence-corrected chi connectivity index (χ3v) is 6.36. The molecular weight excluding hydrogens is 502 g/mol. The molecule has 0 radical (unpaired) electrons. The second kappa shape index (κ2) is 10.6. The van der Waals surface area contributed by atoms with Gasteiger partial charge in [-0.15, -0.1) is 0 Å². The summed E-state index contributed by atoms with van der Waals surface area (Å²) >= 11 is 3.46. The van der Waals surface area contributed by atoms with E-state index in [1.54, 1.807) is 20.8 Å². The minimum absolute atomic E-state index is 0.00793. The molecule has 0 bridgehead atoms. The smallest absolute Gasteiger partial charge is 0.355 e. The zero-order valence-corrected chi connectivity index (χ0v) is 21.7. The van der Waals surface area contributed by atoms with Gasteiger partial charge in [0, 0.05) is 22.3 Å². The number of likely N-dealkylation sites (tertiary alicyclic amines) is 1. The molecule has 8 nitrogen and oxygen atoms in total. The number of hydrogen-bond acceptors (Lipinski definition) is 6. The van der Waals surface area contributed by atoms with E-state index in [1.807, 2.05) is 43.3 Å². The number of esters is 1. The van der Waals surface area contributed by atoms with Crippen LogP contribution in [0.2, 0.25) is 0 Å². The fourth-order valence-electron chi connectivity index (χ4n) is 4.34. The van der Waals surface area contributed by atoms with Crippen LogP contribution in [0.5, 0.6) is 0 Å². The Labute approximate surface area is 207 Å². The number of aromatic amines is 1. The molecule has 1 aromatic heterocycles. The first-order valence-electron chi connectivity index (χ1n) is 11.1. The Kier molecular flexibility index (Phi) is 7.99. The van der Waals surface area contributed by atoms with Crippen LogP contribution in [0.25, 0.3) is 5.76 Å². The molecule has 1 fully saturated rings. The highest BCUT2D eigenvalue weighted by atomic mass is 79.9. The van der Waals surface area contributed by atoms with Gasteiger partial charge in [-0.2, -0.15) is 0 Å². The second-order valence-corrected chi connectivity index (χ2v) is 9.47. The predicted molar refractivity (Wildman–Crippen MR) is 133 cm³/mol. The van der Waals surface area contributed by atoms with E-state index in [9.17, 15) is 19.5 Å². The molecule has 1 aliphatic heterocycles. The van der Waals surface area contributed by atoms with E-state index >= 15 is 0 Å². The van der Waals surface area contributed by atoms with Crippen molar-refractivity contribution in [1.82, 2.24) is 14.8 Å². The van der Waals surface area contributed by atoms with Gasteiger partial charge in [0.15, 0.2) is 0 Å². The standard InChI is InChI=1S/C25H30BrN3O5/c1-6-34-25(33)20-14(2)18(15(3)27-20)22(30)19-21(16-9-7-10-17(26)13-16)29(24(32)23(19)31)12-8-11-28(4)5/h7,9-10,13,21,27,30H,6,8,11-12H2,1-5H3/t21-/m0/s1. The number of aromatic nitrogens is 1. The Hall–Kier alpha value is -2.91. The van der Waals surface area contributed by atoms with E-state index in [0.29, 0.717) is 35.3 Å². The molecule has 0 aliphatic carbocycles. The van der Waals surface area contributed by atoms with Crippen molar-refractivity contribution in [1.29, 1.82) is 0 Å². The first-order valence-corrected chi connectivity index (χ1v) is 11.9. The number of Topliss-reactive ketones (excluding diaryl/α,β-unsaturated/α-hetero) is 1. The molecule has 1 atom stereocenters. The van der Waals surface area contributed by atoms with E-state index in [1.165, 1.54) is 4.90 Å². The fraction of sp³-hybridized carbons (Fsp3) is 0.400. The Morgan fingerprint density at radius 1 is 1.26 bits per heavy atom. The minimum Gasteiger partial charge on any atom is -0.507 e. The largest absolute Gasteiger partial charge is 0.507 e. The van der Waals surface area contributed by atoms with Crippen molar-refractivity contribution in [2.24, 2.45) is 0 Å². The topological polar surface area (TPSA) is 103 Å². The third-order valence-electron chi connectivity index (χ3n) is 5.86. The lowest BCUT2D eigenvalue weighted by Crippen LogP contribution is -2.32. The lowest BCUT2D eigenvalue weighted by atomic mass is 9.94. The molecule has 2 aromatic rings. The maximum absolute atomic E-state index is 13.2. The number of aliphatic hydroxyl groups is 1. The molecule has 34 heavy (non-hydrogen) atoms. The molecule has 0 saturated carbocycles. The molecule has 1 amide bonds. The Morgan fingerprint density at radius 2 is 1.97 bits per heavy atom. The van der Waals surface area contributed by atoms with Crippen molar-refractivity contribution < 1.29 is 24.2 Å². The summed E-state index contributed by atoms with van der Waals surface area (Å²) in [6, 6.07) is 6.59. The summed E-state index contributed by atoms with van der Waals surface area (Å²) < 4.78 is 5.89. The van der Waals surface area contributed by atoms with E-state index in [-0.39, 0.29) is 23.6 Å². The van der Waals surface area contributed by atoms with Crippen LogP contribution in [0.4, 0.5) is 0 Å². The number of ketones is 1. The number of hydrogen-bond donors (Lipinski definition) is 2. The molecular formula is C25H30BrN3O5. The number of nitrogens with one attached hydrogen (secondary N) is 1. The first-order chi connectivity index (χ1) is 16.1. The van der Waals surface area contributed by atoms with Gasteiger partial charge in [-0.1, -0.05) is 28.1 Å². The molecule has 0 unspecified atom stereocenters. The van der Waals surface area contributed by atoms with Crippen molar-refractivity contribution in [2.45, 2.75) is 33.2 Å². The van der Waals surface area contributed by atoms with Crippen LogP contribution in [0.1, 0.15) is 52.3 Å². The van der Waals surface area contributed by atoms with Crippen LogP contribution in [0, 0.1) is 13.8 Å². The van der Waals surface area contributed by atoms with Gasteiger partial charge < -0.3 is 24.6 Å². The first kappa shape index (κ1) is 25.7. The van der Waals surface area contributed by atoms with Gasteiger partial charge in [0.2, 0.25) is 0 Å². The van der Waals surface area contributed by atoms with Crippen LogP contribution in [0.3, 0.4) is 0 Å². The summed E-state index contributed by atoms with van der Waals surface area (Å²) in [4.78, 5) is 45.2. The number of halogens is 1. The second-order valence-electron chi connectivity index (χ2n) is 8.55. The van der Waals surface area contributed by atoms with Gasteiger partial charge in [0.05, 0.1) is 18.2 Å². The summed E-state index contributed by atoms with van der Waals surface area (Å²) in [6.07, 6.45) is 0.666. The Balaban J connectivity index is 2.16. The molecule has 2 heterocycles. The molecule has 182 valence electrons. The number of H-pyrrole nitrogens is 1. The number of rotatable bonds is 8. The molecule has 0 spiro atoms. The van der Waals surface area contributed by atoms with E-state index < -0.39 is 23.7 Å². The quantitative estimate of drug-likeness (QED) is 0.231. The SMILES string of the molecule is CCOC(=O)c1[nH]c(C)c(C(O)=C2C(=O)C(=O)N(CCCN(C)C)[C@H]2c2cccc(Br)c2)c1C. The number of carbonyl (C=O) groups excluding carboxylic acids is 3. The highest BCUT2D eigenvalue weighted by molar-refractivity contribution is 9.10. The van der Waals surface area contributed by atoms with Crippen molar-refractivity contribution in [3.63, 3.8) is 0 Å². The monoisotopic (exact) mass is 531 g/mol. The van der Waals surface area contributed by atoms with Crippen LogP contribution >= 0.6 is 15.9 Å². The molecule has 1 aliphatic rings. The van der Waals surface area contributed by atoms with Crippen LogP contribution < -0.4 is 0 Å². The van der Waals surface area contributed by atoms with E-state index in [0.717, 1.165) is 11.0 Å². The normalized spacial score (nSPS) is 17.6. The number of aliphatic hydroxyl groups excluding tert-OH is 1. The zero-order valence-electron chi connectivity index (χ0n) is 20.1. The maximum Gasteiger partial charge on any atom is 0.355 e. The van der Waals surface area contributed by atoms with Crippen molar-refractivity contribution in [3.05, 3.63) is 62.4 Å². The predicted octanol–water partition coefficient (Wildman–Crippen LogP) is 3.94. The average Bonchev–Trinajstić information content (AvgIpc) is 3.21. The average molecular weight is 532 g/mol. The summed E-state index contributed by atoms with van der Waals surface area (Å²) in [5.74, 6) is -2.25. The Bertz CT molecular complexity index is 1150. The summed E-state index contributed by atoms with van der Waals surface area (Å²) in [5, 5.41) is 11.4. The van der Waals surface area contributed by atoms with Crippen molar-refractivity contribution in [2.75, 3.05) is 33.8 Å². The summed E-state index contributed by atoms with van der Waals surface area (Å²) in [5.41, 5.74) is 2.21. The molecule has 3 rings (SSSR count). The lowest BCUT2D eigenvalue weighted by molar-refractivity contribution is -0.139. The number of aryl methyl sites for hydroxylation is 1. The van der Waals surface area contributed by atoms with Crippen LogP contribution in [-0.4, -0.2) is 71.3 Å². The van der Waals surface area contributed by atoms with E-state index in [4.69, 9.17) is 4.74 Å². The fourth-order valence-corrected chi connectivity index (χ4v) is 4.76. The van der Waals surface area contributed by atoms with E-state index in [2.05, 4.69) is 20.9 Å². The van der Waals surface area contributed by atoms with Crippen LogP contribution in [-0.2, 0) is 14.3 Å². The minimum atomic E-state index is -0.751. The molecule has 1 saturated heterocycles. The van der Waals surface area contributed by atoms with Gasteiger partial charge in [0.25, 0.3) is 11.7 Å². The van der Waals surface area contributed by atoms with Crippen molar-refractivity contribution in [3.8, 4) is 0 Å². The third kappa shape index (κ3) is 4.95. The van der Waals surface area contributed by atoms with Gasteiger partial charge in [-0.25, -0.2) is 4.79 Å². The van der Waals surface area contributed by atoms with Gasteiger partial charge in [0.1, 0.15) is 11.5 Å². The number of benzene rings is 1. The highest BCUT2D eigenvalue weighted by Crippen LogP contribution is 2.41. The Morgan fingerprint density at radius 3 is 2.59 bits per heavy atom. The number of nitrogens with zero attached hydrogens (tertiary/aromatic N) is 2. The maximum atomic E-state index is 13.2.